The van der Waals surface area contributed by atoms with Gasteiger partial charge < -0.3 is 9.47 Å². The molecule has 7 heteroatoms. The topological polar surface area (TPSA) is 18.5 Å². The van der Waals surface area contributed by atoms with Crippen molar-refractivity contribution in [1.29, 1.82) is 0 Å². The van der Waals surface area contributed by atoms with Crippen molar-refractivity contribution in [3.63, 3.8) is 0 Å². The fraction of sp³-hybridized carbons (Fsp3) is 0.143. The Hall–Kier alpha value is -2.31. The molecule has 0 atom stereocenters. The Balaban J connectivity index is 2.36. The zero-order valence-corrected chi connectivity index (χ0v) is 10.7. The second-order valence-electron chi connectivity index (χ2n) is 4.05. The number of hydrogen-bond acceptors (Lipinski definition) is 2. The van der Waals surface area contributed by atoms with Crippen molar-refractivity contribution >= 4 is 0 Å². The lowest BCUT2D eigenvalue weighted by Gasteiger charge is -2.12. The molecule has 0 saturated heterocycles. The minimum atomic E-state index is -4.84. The van der Waals surface area contributed by atoms with Gasteiger partial charge in [0.1, 0.15) is 11.5 Å². The molecule has 21 heavy (non-hydrogen) atoms. The molecule has 0 aliphatic heterocycles. The summed E-state index contributed by atoms with van der Waals surface area (Å²) in [6.45, 7) is 0. The number of halogens is 5. The van der Waals surface area contributed by atoms with Crippen LogP contribution >= 0.6 is 0 Å². The highest BCUT2D eigenvalue weighted by molar-refractivity contribution is 5.39. The largest absolute Gasteiger partial charge is 0.497 e. The monoisotopic (exact) mass is 304 g/mol. The van der Waals surface area contributed by atoms with Gasteiger partial charge >= 0.3 is 6.18 Å². The van der Waals surface area contributed by atoms with Gasteiger partial charge in [-0.05, 0) is 24.3 Å². The lowest BCUT2D eigenvalue weighted by molar-refractivity contribution is -0.138. The van der Waals surface area contributed by atoms with Gasteiger partial charge in [-0.15, -0.1) is 0 Å². The van der Waals surface area contributed by atoms with E-state index in [4.69, 9.17) is 9.47 Å². The van der Waals surface area contributed by atoms with E-state index in [1.54, 1.807) is 6.07 Å². The van der Waals surface area contributed by atoms with Crippen LogP contribution in [0, 0.1) is 11.6 Å². The summed E-state index contributed by atoms with van der Waals surface area (Å²) < 4.78 is 74.3. The second-order valence-corrected chi connectivity index (χ2v) is 4.05. The first kappa shape index (κ1) is 15.1. The molecule has 112 valence electrons. The smallest absolute Gasteiger partial charge is 0.416 e. The summed E-state index contributed by atoms with van der Waals surface area (Å²) in [7, 11) is 1.39. The molecule has 2 aromatic rings. The number of alkyl halides is 3. The average molecular weight is 304 g/mol. The first-order chi connectivity index (χ1) is 9.81. The second kappa shape index (κ2) is 5.59. The van der Waals surface area contributed by atoms with Gasteiger partial charge in [-0.25, -0.2) is 8.78 Å². The maximum atomic E-state index is 13.6. The van der Waals surface area contributed by atoms with E-state index >= 15 is 0 Å². The van der Waals surface area contributed by atoms with Crippen molar-refractivity contribution in [3.8, 4) is 17.2 Å². The molecular weight excluding hydrogens is 295 g/mol. The van der Waals surface area contributed by atoms with Crippen LogP contribution in [0.3, 0.4) is 0 Å². The third-order valence-electron chi connectivity index (χ3n) is 2.59. The fourth-order valence-electron chi connectivity index (χ4n) is 1.60. The Morgan fingerprint density at radius 2 is 1.48 bits per heavy atom. The number of benzene rings is 2. The summed E-state index contributed by atoms with van der Waals surface area (Å²) in [5.41, 5.74) is -1.42. The molecule has 0 radical (unpaired) electrons. The number of methoxy groups -OCH3 is 1. The number of ether oxygens (including phenoxy) is 2. The van der Waals surface area contributed by atoms with E-state index in [9.17, 15) is 22.0 Å². The Morgan fingerprint density at radius 3 is 2.00 bits per heavy atom. The van der Waals surface area contributed by atoms with Gasteiger partial charge in [0, 0.05) is 6.07 Å². The van der Waals surface area contributed by atoms with Crippen molar-refractivity contribution in [2.45, 2.75) is 6.18 Å². The van der Waals surface area contributed by atoms with Crippen LogP contribution in [0.1, 0.15) is 5.56 Å². The van der Waals surface area contributed by atoms with Crippen LogP contribution in [0.4, 0.5) is 22.0 Å². The molecule has 0 aromatic heterocycles. The number of rotatable bonds is 3. The van der Waals surface area contributed by atoms with E-state index in [-0.39, 0.29) is 17.9 Å². The molecule has 0 fully saturated rings. The Bertz CT molecular complexity index is 629. The summed E-state index contributed by atoms with van der Waals surface area (Å²) in [6.07, 6.45) is -4.84. The van der Waals surface area contributed by atoms with Crippen LogP contribution < -0.4 is 9.47 Å². The first-order valence-electron chi connectivity index (χ1n) is 5.69. The van der Waals surface area contributed by atoms with Crippen molar-refractivity contribution in [2.75, 3.05) is 7.11 Å². The van der Waals surface area contributed by atoms with Crippen molar-refractivity contribution in [3.05, 3.63) is 53.6 Å². The maximum Gasteiger partial charge on any atom is 0.416 e. The van der Waals surface area contributed by atoms with Crippen LogP contribution in [-0.4, -0.2) is 7.11 Å². The minimum absolute atomic E-state index is 0.0342. The SMILES string of the molecule is COc1cccc(Oc2c(F)cc(C(F)(F)F)cc2F)c1. The molecule has 0 aliphatic carbocycles. The molecule has 0 spiro atoms. The molecule has 0 N–H and O–H groups in total. The first-order valence-corrected chi connectivity index (χ1v) is 5.69. The lowest BCUT2D eigenvalue weighted by atomic mass is 10.2. The summed E-state index contributed by atoms with van der Waals surface area (Å²) in [5, 5.41) is 0. The van der Waals surface area contributed by atoms with Crippen LogP contribution in [-0.2, 0) is 6.18 Å². The Kier molecular flexibility index (Phi) is 4.02. The summed E-state index contributed by atoms with van der Waals surface area (Å²) >= 11 is 0. The van der Waals surface area contributed by atoms with Crippen molar-refractivity contribution in [1.82, 2.24) is 0 Å². The molecule has 0 bridgehead atoms. The molecule has 0 unspecified atom stereocenters. The Morgan fingerprint density at radius 1 is 0.905 bits per heavy atom. The van der Waals surface area contributed by atoms with Crippen molar-refractivity contribution < 1.29 is 31.4 Å². The van der Waals surface area contributed by atoms with E-state index in [0.717, 1.165) is 0 Å². The van der Waals surface area contributed by atoms with E-state index in [0.29, 0.717) is 5.75 Å². The molecule has 2 aromatic carbocycles. The van der Waals surface area contributed by atoms with Gasteiger partial charge in [-0.1, -0.05) is 6.07 Å². The predicted octanol–water partition coefficient (Wildman–Crippen LogP) is 4.78. The van der Waals surface area contributed by atoms with Crippen LogP contribution in [0.2, 0.25) is 0 Å². The third-order valence-corrected chi connectivity index (χ3v) is 2.59. The van der Waals surface area contributed by atoms with Crippen molar-refractivity contribution in [2.24, 2.45) is 0 Å². The highest BCUT2D eigenvalue weighted by Gasteiger charge is 2.33. The highest BCUT2D eigenvalue weighted by atomic mass is 19.4. The van der Waals surface area contributed by atoms with Crippen LogP contribution in [0.15, 0.2) is 36.4 Å². The zero-order valence-electron chi connectivity index (χ0n) is 10.7. The van der Waals surface area contributed by atoms with E-state index < -0.39 is 29.1 Å². The molecular formula is C14H9F5O2. The molecule has 2 rings (SSSR count). The molecule has 0 saturated carbocycles. The summed E-state index contributed by atoms with van der Waals surface area (Å²) in [5.74, 6) is -3.38. The average Bonchev–Trinajstić information content (AvgIpc) is 2.42. The van der Waals surface area contributed by atoms with Crippen LogP contribution in [0.5, 0.6) is 17.2 Å². The van der Waals surface area contributed by atoms with E-state index in [1.165, 1.54) is 25.3 Å². The molecule has 0 amide bonds. The number of hydrogen-bond donors (Lipinski definition) is 0. The molecule has 0 aliphatic rings. The quantitative estimate of drug-likeness (QED) is 0.759. The van der Waals surface area contributed by atoms with Gasteiger partial charge in [-0.3, -0.25) is 0 Å². The lowest BCUT2D eigenvalue weighted by Crippen LogP contribution is -2.07. The van der Waals surface area contributed by atoms with Gasteiger partial charge in [0.15, 0.2) is 17.4 Å². The third kappa shape index (κ3) is 3.42. The maximum absolute atomic E-state index is 13.6. The minimum Gasteiger partial charge on any atom is -0.497 e. The fourth-order valence-corrected chi connectivity index (χ4v) is 1.60. The summed E-state index contributed by atoms with van der Waals surface area (Å²) in [4.78, 5) is 0. The molecule has 2 nitrogen and oxygen atoms in total. The normalized spacial score (nSPS) is 11.3. The van der Waals surface area contributed by atoms with Gasteiger partial charge in [0.05, 0.1) is 12.7 Å². The van der Waals surface area contributed by atoms with Gasteiger partial charge in [-0.2, -0.15) is 13.2 Å². The van der Waals surface area contributed by atoms with Gasteiger partial charge in [0.2, 0.25) is 0 Å². The van der Waals surface area contributed by atoms with E-state index in [1.807, 2.05) is 0 Å². The predicted molar refractivity (Wildman–Crippen MR) is 64.4 cm³/mol. The highest BCUT2D eigenvalue weighted by Crippen LogP contribution is 2.35. The molecule has 0 heterocycles. The standard InChI is InChI=1S/C14H9F5O2/c1-20-9-3-2-4-10(7-9)21-13-11(15)5-8(6-12(13)16)14(17,18)19/h2-7H,1H3. The van der Waals surface area contributed by atoms with Gasteiger partial charge in [0.25, 0.3) is 0 Å². The Labute approximate surface area is 116 Å². The summed E-state index contributed by atoms with van der Waals surface area (Å²) in [6, 6.07) is 6.17. The van der Waals surface area contributed by atoms with Crippen LogP contribution in [0.25, 0.3) is 0 Å². The van der Waals surface area contributed by atoms with E-state index in [2.05, 4.69) is 0 Å². The zero-order chi connectivity index (χ0) is 15.6.